The highest BCUT2D eigenvalue weighted by molar-refractivity contribution is 6.30. The first-order valence-corrected chi connectivity index (χ1v) is 8.42. The molecule has 0 saturated heterocycles. The molecule has 1 saturated carbocycles. The van der Waals surface area contributed by atoms with Crippen LogP contribution >= 0.6 is 11.6 Å². The number of aryl methyl sites for hydroxylation is 2. The SMILES string of the molecule is CCCNC1CCCCCC1Cc1c(C)nn(C)c1Cl. The van der Waals surface area contributed by atoms with E-state index in [-0.39, 0.29) is 0 Å². The van der Waals surface area contributed by atoms with Gasteiger partial charge in [-0.25, -0.2) is 0 Å². The van der Waals surface area contributed by atoms with E-state index < -0.39 is 0 Å². The number of nitrogens with one attached hydrogen (secondary N) is 1. The molecule has 1 heterocycles. The molecule has 1 aliphatic rings. The zero-order valence-electron chi connectivity index (χ0n) is 13.1. The molecule has 1 N–H and O–H groups in total. The topological polar surface area (TPSA) is 29.9 Å². The maximum Gasteiger partial charge on any atom is 0.130 e. The number of aromatic nitrogens is 2. The summed E-state index contributed by atoms with van der Waals surface area (Å²) in [4.78, 5) is 0. The third-order valence-corrected chi connectivity index (χ3v) is 5.02. The van der Waals surface area contributed by atoms with Crippen molar-refractivity contribution in [3.8, 4) is 0 Å². The minimum absolute atomic E-state index is 0.646. The second-order valence-corrected chi connectivity index (χ2v) is 6.50. The van der Waals surface area contributed by atoms with Crippen molar-refractivity contribution in [1.29, 1.82) is 0 Å². The van der Waals surface area contributed by atoms with Gasteiger partial charge in [-0.1, -0.05) is 37.8 Å². The van der Waals surface area contributed by atoms with Crippen LogP contribution in [0.2, 0.25) is 5.15 Å². The van der Waals surface area contributed by atoms with Gasteiger partial charge in [0, 0.05) is 18.7 Å². The van der Waals surface area contributed by atoms with Crippen molar-refractivity contribution in [3.05, 3.63) is 16.4 Å². The van der Waals surface area contributed by atoms with E-state index >= 15 is 0 Å². The predicted molar refractivity (Wildman–Crippen MR) is 85.3 cm³/mol. The zero-order chi connectivity index (χ0) is 14.5. The van der Waals surface area contributed by atoms with Crippen LogP contribution in [0.15, 0.2) is 0 Å². The van der Waals surface area contributed by atoms with Crippen LogP contribution in [0.25, 0.3) is 0 Å². The average molecular weight is 298 g/mol. The van der Waals surface area contributed by atoms with Crippen molar-refractivity contribution in [3.63, 3.8) is 0 Å². The Hall–Kier alpha value is -0.540. The molecule has 3 nitrogen and oxygen atoms in total. The Labute approximate surface area is 128 Å². The summed E-state index contributed by atoms with van der Waals surface area (Å²) in [7, 11) is 1.93. The predicted octanol–water partition coefficient (Wildman–Crippen LogP) is 3.87. The van der Waals surface area contributed by atoms with Gasteiger partial charge in [0.15, 0.2) is 0 Å². The van der Waals surface area contributed by atoms with Crippen molar-refractivity contribution >= 4 is 11.6 Å². The van der Waals surface area contributed by atoms with Crippen LogP contribution in [0, 0.1) is 12.8 Å². The molecule has 0 amide bonds. The molecule has 1 aliphatic carbocycles. The molecule has 1 aromatic rings. The number of rotatable bonds is 5. The van der Waals surface area contributed by atoms with E-state index in [1.165, 1.54) is 44.1 Å². The fourth-order valence-electron chi connectivity index (χ4n) is 3.40. The lowest BCUT2D eigenvalue weighted by atomic mass is 9.88. The Morgan fingerprint density at radius 2 is 2.05 bits per heavy atom. The van der Waals surface area contributed by atoms with Crippen LogP contribution in [0.5, 0.6) is 0 Å². The third kappa shape index (κ3) is 3.76. The second kappa shape index (κ2) is 7.46. The fraction of sp³-hybridized carbons (Fsp3) is 0.812. The Morgan fingerprint density at radius 3 is 2.70 bits per heavy atom. The van der Waals surface area contributed by atoms with Gasteiger partial charge in [-0.05, 0) is 45.1 Å². The number of nitrogens with zero attached hydrogens (tertiary/aromatic N) is 2. The lowest BCUT2D eigenvalue weighted by Crippen LogP contribution is -2.37. The molecule has 114 valence electrons. The van der Waals surface area contributed by atoms with Crippen LogP contribution in [-0.4, -0.2) is 22.4 Å². The van der Waals surface area contributed by atoms with E-state index in [1.54, 1.807) is 4.68 Å². The minimum Gasteiger partial charge on any atom is -0.314 e. The van der Waals surface area contributed by atoms with Gasteiger partial charge in [0.25, 0.3) is 0 Å². The van der Waals surface area contributed by atoms with Gasteiger partial charge in [-0.2, -0.15) is 5.10 Å². The van der Waals surface area contributed by atoms with Gasteiger partial charge in [0.05, 0.1) is 5.69 Å². The van der Waals surface area contributed by atoms with Crippen molar-refractivity contribution in [2.45, 2.75) is 64.8 Å². The van der Waals surface area contributed by atoms with Gasteiger partial charge in [-0.15, -0.1) is 0 Å². The van der Waals surface area contributed by atoms with E-state index in [0.29, 0.717) is 12.0 Å². The van der Waals surface area contributed by atoms with E-state index in [1.807, 2.05) is 7.05 Å². The van der Waals surface area contributed by atoms with Crippen LogP contribution in [0.1, 0.15) is 56.7 Å². The van der Waals surface area contributed by atoms with Gasteiger partial charge in [0.2, 0.25) is 0 Å². The first-order valence-electron chi connectivity index (χ1n) is 8.04. The van der Waals surface area contributed by atoms with Crippen LogP contribution in [-0.2, 0) is 13.5 Å². The first-order chi connectivity index (χ1) is 9.63. The summed E-state index contributed by atoms with van der Waals surface area (Å²) in [6.07, 6.45) is 8.98. The Kier molecular flexibility index (Phi) is 5.91. The van der Waals surface area contributed by atoms with Gasteiger partial charge in [-0.3, -0.25) is 4.68 Å². The van der Waals surface area contributed by atoms with Crippen LogP contribution in [0.3, 0.4) is 0 Å². The molecular weight excluding hydrogens is 270 g/mol. The van der Waals surface area contributed by atoms with E-state index in [9.17, 15) is 0 Å². The Balaban J connectivity index is 2.10. The summed E-state index contributed by atoms with van der Waals surface area (Å²) in [6, 6.07) is 0.646. The van der Waals surface area contributed by atoms with Crippen molar-refractivity contribution in [2.24, 2.45) is 13.0 Å². The highest BCUT2D eigenvalue weighted by Crippen LogP contribution is 2.30. The molecule has 0 aliphatic heterocycles. The normalized spacial score (nSPS) is 23.8. The molecule has 0 radical (unpaired) electrons. The third-order valence-electron chi connectivity index (χ3n) is 4.55. The van der Waals surface area contributed by atoms with Crippen molar-refractivity contribution in [2.75, 3.05) is 6.54 Å². The Morgan fingerprint density at radius 1 is 1.30 bits per heavy atom. The highest BCUT2D eigenvalue weighted by Gasteiger charge is 2.25. The van der Waals surface area contributed by atoms with Gasteiger partial charge < -0.3 is 5.32 Å². The fourth-order valence-corrected chi connectivity index (χ4v) is 3.65. The highest BCUT2D eigenvalue weighted by atomic mass is 35.5. The maximum absolute atomic E-state index is 6.41. The van der Waals surface area contributed by atoms with Gasteiger partial charge >= 0.3 is 0 Å². The lowest BCUT2D eigenvalue weighted by Gasteiger charge is -2.26. The minimum atomic E-state index is 0.646. The molecule has 0 aromatic carbocycles. The molecule has 20 heavy (non-hydrogen) atoms. The van der Waals surface area contributed by atoms with E-state index in [2.05, 4.69) is 24.3 Å². The number of hydrogen-bond donors (Lipinski definition) is 1. The molecule has 1 fully saturated rings. The van der Waals surface area contributed by atoms with Crippen molar-refractivity contribution < 1.29 is 0 Å². The summed E-state index contributed by atoms with van der Waals surface area (Å²) in [5.74, 6) is 0.699. The summed E-state index contributed by atoms with van der Waals surface area (Å²) >= 11 is 6.41. The monoisotopic (exact) mass is 297 g/mol. The number of hydrogen-bond acceptors (Lipinski definition) is 2. The molecular formula is C16H28ClN3. The Bertz CT molecular complexity index is 428. The average Bonchev–Trinajstić information content (AvgIpc) is 2.62. The number of halogens is 1. The summed E-state index contributed by atoms with van der Waals surface area (Å²) in [5.41, 5.74) is 2.35. The summed E-state index contributed by atoms with van der Waals surface area (Å²) in [5, 5.41) is 9.03. The van der Waals surface area contributed by atoms with E-state index in [4.69, 9.17) is 11.6 Å². The summed E-state index contributed by atoms with van der Waals surface area (Å²) < 4.78 is 1.80. The van der Waals surface area contributed by atoms with Gasteiger partial charge in [0.1, 0.15) is 5.15 Å². The molecule has 2 unspecified atom stereocenters. The van der Waals surface area contributed by atoms with Crippen LogP contribution < -0.4 is 5.32 Å². The largest absolute Gasteiger partial charge is 0.314 e. The van der Waals surface area contributed by atoms with Crippen molar-refractivity contribution in [1.82, 2.24) is 15.1 Å². The van der Waals surface area contributed by atoms with Crippen LogP contribution in [0.4, 0.5) is 0 Å². The smallest absolute Gasteiger partial charge is 0.130 e. The molecule has 4 heteroatoms. The molecule has 2 atom stereocenters. The van der Waals surface area contributed by atoms with E-state index in [0.717, 1.165) is 23.8 Å². The zero-order valence-corrected chi connectivity index (χ0v) is 13.8. The standard InChI is InChI=1S/C16H28ClN3/c1-4-10-18-15-9-7-5-6-8-13(15)11-14-12(2)19-20(3)16(14)17/h13,15,18H,4-11H2,1-3H3. The first kappa shape index (κ1) is 15.8. The lowest BCUT2D eigenvalue weighted by molar-refractivity contribution is 0.332. The second-order valence-electron chi connectivity index (χ2n) is 6.14. The summed E-state index contributed by atoms with van der Waals surface area (Å²) in [6.45, 7) is 5.44. The maximum atomic E-state index is 6.41. The molecule has 1 aromatic heterocycles. The molecule has 0 bridgehead atoms. The molecule has 2 rings (SSSR count). The molecule has 0 spiro atoms. The quantitative estimate of drug-likeness (QED) is 0.836.